The van der Waals surface area contributed by atoms with Crippen LogP contribution < -0.4 is 5.32 Å². The smallest absolute Gasteiger partial charge is 0.407 e. The molecule has 1 atom stereocenters. The largest absolute Gasteiger partial charge is 0.465 e. The lowest BCUT2D eigenvalue weighted by atomic mass is 9.93. The maximum Gasteiger partial charge on any atom is 0.407 e. The van der Waals surface area contributed by atoms with Crippen LogP contribution in [0.15, 0.2) is 0 Å². The fourth-order valence-corrected chi connectivity index (χ4v) is 3.32. The highest BCUT2D eigenvalue weighted by Crippen LogP contribution is 2.23. The molecule has 1 heterocycles. The van der Waals surface area contributed by atoms with Crippen LogP contribution in [0.1, 0.15) is 60.3 Å². The van der Waals surface area contributed by atoms with Crippen LogP contribution in [0.4, 0.5) is 4.79 Å². The number of hydrogen-bond donors (Lipinski definition) is 1. The molecular formula is C20H36N2O6. The summed E-state index contributed by atoms with van der Waals surface area (Å²) >= 11 is 0. The molecule has 0 radical (unpaired) electrons. The van der Waals surface area contributed by atoms with E-state index in [1.165, 1.54) is 0 Å². The van der Waals surface area contributed by atoms with Crippen LogP contribution in [-0.4, -0.2) is 67.4 Å². The zero-order valence-corrected chi connectivity index (χ0v) is 17.9. The van der Waals surface area contributed by atoms with Crippen molar-refractivity contribution < 1.29 is 28.6 Å². The van der Waals surface area contributed by atoms with Gasteiger partial charge in [-0.2, -0.15) is 0 Å². The Balaban J connectivity index is 2.89. The summed E-state index contributed by atoms with van der Waals surface area (Å²) in [6, 6.07) is -0.395. The van der Waals surface area contributed by atoms with Crippen LogP contribution >= 0.6 is 0 Å². The lowest BCUT2D eigenvalue weighted by Gasteiger charge is -2.37. The summed E-state index contributed by atoms with van der Waals surface area (Å²) in [4.78, 5) is 39.2. The van der Waals surface area contributed by atoms with Gasteiger partial charge in [-0.1, -0.05) is 6.42 Å². The van der Waals surface area contributed by atoms with Crippen LogP contribution in [0.2, 0.25) is 0 Å². The molecule has 1 aliphatic rings. The van der Waals surface area contributed by atoms with Gasteiger partial charge in [-0.3, -0.25) is 14.5 Å². The highest BCUT2D eigenvalue weighted by Gasteiger charge is 2.40. The Kier molecular flexibility index (Phi) is 10.3. The van der Waals surface area contributed by atoms with Crippen molar-refractivity contribution >= 4 is 18.0 Å². The van der Waals surface area contributed by atoms with E-state index in [-0.39, 0.29) is 19.8 Å². The Hall–Kier alpha value is -1.83. The maximum absolute atomic E-state index is 12.6. The molecule has 0 saturated carbocycles. The molecule has 1 saturated heterocycles. The number of hydrogen-bond acceptors (Lipinski definition) is 7. The van der Waals surface area contributed by atoms with Crippen molar-refractivity contribution in [3.8, 4) is 0 Å². The van der Waals surface area contributed by atoms with Gasteiger partial charge < -0.3 is 19.5 Å². The Morgan fingerprint density at radius 1 is 0.964 bits per heavy atom. The predicted molar refractivity (Wildman–Crippen MR) is 105 cm³/mol. The zero-order valence-electron chi connectivity index (χ0n) is 17.9. The summed E-state index contributed by atoms with van der Waals surface area (Å²) in [5.74, 6) is -2.18. The number of esters is 2. The average molecular weight is 401 g/mol. The Morgan fingerprint density at radius 3 is 1.96 bits per heavy atom. The molecule has 0 aromatic heterocycles. The number of likely N-dealkylation sites (tertiary alicyclic amines) is 1. The fourth-order valence-electron chi connectivity index (χ4n) is 3.32. The van der Waals surface area contributed by atoms with Crippen LogP contribution in [-0.2, 0) is 23.8 Å². The first-order chi connectivity index (χ1) is 13.2. The number of nitrogens with zero attached hydrogens (tertiary/aromatic N) is 1. The van der Waals surface area contributed by atoms with Gasteiger partial charge in [0.05, 0.1) is 13.2 Å². The molecule has 0 aromatic rings. The summed E-state index contributed by atoms with van der Waals surface area (Å²) in [6.45, 7) is 11.1. The molecule has 0 spiro atoms. The van der Waals surface area contributed by atoms with E-state index in [1.54, 1.807) is 34.6 Å². The normalized spacial score (nSPS) is 16.4. The first-order valence-corrected chi connectivity index (χ1v) is 10.2. The molecule has 162 valence electrons. The fraction of sp³-hybridized carbons (Fsp3) is 0.850. The third-order valence-electron chi connectivity index (χ3n) is 4.43. The minimum atomic E-state index is -1.03. The lowest BCUT2D eigenvalue weighted by molar-refractivity contribution is -0.165. The molecule has 1 rings (SSSR count). The van der Waals surface area contributed by atoms with Crippen molar-refractivity contribution in [2.45, 2.75) is 71.9 Å². The van der Waals surface area contributed by atoms with E-state index in [9.17, 15) is 14.4 Å². The van der Waals surface area contributed by atoms with E-state index in [0.29, 0.717) is 6.42 Å². The molecule has 1 fully saturated rings. The van der Waals surface area contributed by atoms with Gasteiger partial charge in [0, 0.05) is 12.6 Å². The number of ether oxygens (including phenoxy) is 3. The monoisotopic (exact) mass is 400 g/mol. The first-order valence-electron chi connectivity index (χ1n) is 10.2. The zero-order chi connectivity index (χ0) is 21.2. The van der Waals surface area contributed by atoms with Crippen LogP contribution in [0.5, 0.6) is 0 Å². The molecule has 1 aliphatic heterocycles. The number of carbonyl (C=O) groups is 3. The number of amides is 1. The summed E-state index contributed by atoms with van der Waals surface area (Å²) in [5.41, 5.74) is -0.589. The Morgan fingerprint density at radius 2 is 1.50 bits per heavy atom. The maximum atomic E-state index is 12.6. The standard InChI is InChI=1S/C20H36N2O6/c1-6-26-17(23)16(18(24)27-7-2)15(22-13-9-8-10-14-22)11-12-21-19(25)28-20(3,4)5/h15-16H,6-14H2,1-5H3,(H,21,25). The van der Waals surface area contributed by atoms with Crippen molar-refractivity contribution in [3.63, 3.8) is 0 Å². The third-order valence-corrected chi connectivity index (χ3v) is 4.43. The highest BCUT2D eigenvalue weighted by molar-refractivity contribution is 5.95. The second-order valence-electron chi connectivity index (χ2n) is 7.86. The van der Waals surface area contributed by atoms with Crippen LogP contribution in [0.25, 0.3) is 0 Å². The summed E-state index contributed by atoms with van der Waals surface area (Å²) < 4.78 is 15.6. The number of alkyl carbamates (subject to hydrolysis) is 1. The number of piperidine rings is 1. The summed E-state index contributed by atoms with van der Waals surface area (Å²) in [6.07, 6.45) is 3.04. The van der Waals surface area contributed by atoms with Crippen molar-refractivity contribution in [1.82, 2.24) is 10.2 Å². The van der Waals surface area contributed by atoms with Gasteiger partial charge in [-0.05, 0) is 67.0 Å². The van der Waals surface area contributed by atoms with Gasteiger partial charge in [0.1, 0.15) is 5.60 Å². The first kappa shape index (κ1) is 24.2. The van der Waals surface area contributed by atoms with Gasteiger partial charge in [-0.15, -0.1) is 0 Å². The SMILES string of the molecule is CCOC(=O)C(C(=O)OCC)C(CCNC(=O)OC(C)(C)C)N1CCCCC1. The van der Waals surface area contributed by atoms with Gasteiger partial charge in [0.15, 0.2) is 5.92 Å². The molecule has 0 bridgehead atoms. The highest BCUT2D eigenvalue weighted by atomic mass is 16.6. The Bertz CT molecular complexity index is 493. The van der Waals surface area contributed by atoms with E-state index in [0.717, 1.165) is 32.4 Å². The van der Waals surface area contributed by atoms with Gasteiger partial charge in [-0.25, -0.2) is 4.79 Å². The molecule has 1 N–H and O–H groups in total. The molecule has 8 heteroatoms. The molecule has 0 aliphatic carbocycles. The Labute approximate surface area is 168 Å². The second kappa shape index (κ2) is 11.9. The van der Waals surface area contributed by atoms with E-state index >= 15 is 0 Å². The topological polar surface area (TPSA) is 94.2 Å². The van der Waals surface area contributed by atoms with Crippen LogP contribution in [0.3, 0.4) is 0 Å². The molecule has 1 unspecified atom stereocenters. The van der Waals surface area contributed by atoms with Crippen molar-refractivity contribution in [3.05, 3.63) is 0 Å². The number of rotatable bonds is 9. The number of nitrogens with one attached hydrogen (secondary N) is 1. The minimum absolute atomic E-state index is 0.192. The predicted octanol–water partition coefficient (Wildman–Crippen LogP) is 2.50. The molecule has 1 amide bonds. The van der Waals surface area contributed by atoms with Crippen molar-refractivity contribution in [2.75, 3.05) is 32.8 Å². The minimum Gasteiger partial charge on any atom is -0.465 e. The van der Waals surface area contributed by atoms with Gasteiger partial charge in [0.2, 0.25) is 0 Å². The third kappa shape index (κ3) is 8.46. The van der Waals surface area contributed by atoms with Gasteiger partial charge >= 0.3 is 18.0 Å². The number of carbonyl (C=O) groups excluding carboxylic acids is 3. The van der Waals surface area contributed by atoms with Crippen molar-refractivity contribution in [2.24, 2.45) is 5.92 Å². The molecule has 8 nitrogen and oxygen atoms in total. The van der Waals surface area contributed by atoms with E-state index in [1.807, 2.05) is 0 Å². The van der Waals surface area contributed by atoms with Crippen LogP contribution in [0, 0.1) is 5.92 Å². The summed E-state index contributed by atoms with van der Waals surface area (Å²) in [5, 5.41) is 2.71. The quantitative estimate of drug-likeness (QED) is 0.361. The molecule has 28 heavy (non-hydrogen) atoms. The molecule has 0 aromatic carbocycles. The average Bonchev–Trinajstić information content (AvgIpc) is 2.60. The van der Waals surface area contributed by atoms with E-state index in [4.69, 9.17) is 14.2 Å². The van der Waals surface area contributed by atoms with E-state index < -0.39 is 35.6 Å². The lowest BCUT2D eigenvalue weighted by Crippen LogP contribution is -2.51. The summed E-state index contributed by atoms with van der Waals surface area (Å²) in [7, 11) is 0. The van der Waals surface area contributed by atoms with Crippen molar-refractivity contribution in [1.29, 1.82) is 0 Å². The van der Waals surface area contributed by atoms with Gasteiger partial charge in [0.25, 0.3) is 0 Å². The second-order valence-corrected chi connectivity index (χ2v) is 7.86. The van der Waals surface area contributed by atoms with E-state index in [2.05, 4.69) is 10.2 Å². The molecular weight excluding hydrogens is 364 g/mol.